The molecule has 3 N–H and O–H groups in total. The fraction of sp³-hybridized carbons (Fsp3) is 0.769. The lowest BCUT2D eigenvalue weighted by Crippen LogP contribution is -2.37. The molecule has 1 fully saturated rings. The Bertz CT molecular complexity index is 518. The van der Waals surface area contributed by atoms with Crippen LogP contribution >= 0.6 is 0 Å². The first kappa shape index (κ1) is 15.5. The van der Waals surface area contributed by atoms with Gasteiger partial charge in [0.05, 0.1) is 6.20 Å². The van der Waals surface area contributed by atoms with Crippen LogP contribution < -0.4 is 10.5 Å². The van der Waals surface area contributed by atoms with Crippen molar-refractivity contribution < 1.29 is 8.42 Å². The van der Waals surface area contributed by atoms with E-state index >= 15 is 0 Å². The zero-order chi connectivity index (χ0) is 14.6. The van der Waals surface area contributed by atoms with Crippen LogP contribution in [0.1, 0.15) is 39.0 Å². The number of aromatic nitrogens is 2. The summed E-state index contributed by atoms with van der Waals surface area (Å²) < 4.78 is 29.0. The highest BCUT2D eigenvalue weighted by molar-refractivity contribution is 7.89. The van der Waals surface area contributed by atoms with Gasteiger partial charge in [-0.05, 0) is 44.6 Å². The Labute approximate surface area is 120 Å². The Hall–Kier alpha value is -0.920. The molecule has 0 unspecified atom stereocenters. The maximum atomic E-state index is 12.3. The highest BCUT2D eigenvalue weighted by Gasteiger charge is 2.24. The highest BCUT2D eigenvalue weighted by Crippen LogP contribution is 2.24. The van der Waals surface area contributed by atoms with Gasteiger partial charge in [0, 0.05) is 18.8 Å². The van der Waals surface area contributed by atoms with E-state index in [1.54, 1.807) is 10.9 Å². The van der Waals surface area contributed by atoms with Crippen LogP contribution in [0, 0.1) is 5.92 Å². The Balaban J connectivity index is 1.97. The van der Waals surface area contributed by atoms with Gasteiger partial charge in [-0.3, -0.25) is 4.68 Å². The molecular formula is C13H24N4O2S. The van der Waals surface area contributed by atoms with Crippen molar-refractivity contribution in [1.29, 1.82) is 0 Å². The third kappa shape index (κ3) is 4.04. The first-order valence-electron chi connectivity index (χ1n) is 7.26. The largest absolute Gasteiger partial charge is 0.330 e. The van der Waals surface area contributed by atoms with Crippen LogP contribution in [0.2, 0.25) is 0 Å². The molecule has 6 nitrogen and oxygen atoms in total. The van der Waals surface area contributed by atoms with Crippen molar-refractivity contribution in [3.8, 4) is 0 Å². The SMILES string of the molecule is CC1CCC(NS(=O)(=O)c2cnn(CCCN)c2)CC1. The van der Waals surface area contributed by atoms with Crippen LogP contribution in [0.4, 0.5) is 0 Å². The summed E-state index contributed by atoms with van der Waals surface area (Å²) in [5.41, 5.74) is 5.43. The molecule has 0 spiro atoms. The topological polar surface area (TPSA) is 90.0 Å². The van der Waals surface area contributed by atoms with Crippen molar-refractivity contribution in [1.82, 2.24) is 14.5 Å². The van der Waals surface area contributed by atoms with E-state index in [0.717, 1.165) is 32.1 Å². The average Bonchev–Trinajstić information content (AvgIpc) is 2.88. The van der Waals surface area contributed by atoms with E-state index < -0.39 is 10.0 Å². The summed E-state index contributed by atoms with van der Waals surface area (Å²) in [5, 5.41) is 4.07. The predicted octanol–water partition coefficient (Wildman–Crippen LogP) is 1.09. The van der Waals surface area contributed by atoms with E-state index in [0.29, 0.717) is 19.0 Å². The van der Waals surface area contributed by atoms with Gasteiger partial charge in [0.25, 0.3) is 0 Å². The maximum absolute atomic E-state index is 12.3. The molecule has 2 rings (SSSR count). The Kier molecular flexibility index (Phi) is 5.17. The molecule has 0 bridgehead atoms. The van der Waals surface area contributed by atoms with E-state index in [2.05, 4.69) is 16.7 Å². The third-order valence-corrected chi connectivity index (χ3v) is 5.32. The second-order valence-electron chi connectivity index (χ2n) is 5.66. The molecule has 1 aromatic heterocycles. The van der Waals surface area contributed by atoms with Gasteiger partial charge in [-0.25, -0.2) is 13.1 Å². The Morgan fingerprint density at radius 1 is 1.40 bits per heavy atom. The lowest BCUT2D eigenvalue weighted by Gasteiger charge is -2.26. The highest BCUT2D eigenvalue weighted by atomic mass is 32.2. The van der Waals surface area contributed by atoms with Gasteiger partial charge in [0.2, 0.25) is 10.0 Å². The molecule has 1 aliphatic rings. The van der Waals surface area contributed by atoms with Crippen LogP contribution in [0.5, 0.6) is 0 Å². The van der Waals surface area contributed by atoms with Crippen LogP contribution in [0.15, 0.2) is 17.3 Å². The molecule has 1 aromatic rings. The fourth-order valence-electron chi connectivity index (χ4n) is 2.52. The molecule has 7 heteroatoms. The summed E-state index contributed by atoms with van der Waals surface area (Å²) in [6.07, 6.45) is 7.78. The summed E-state index contributed by atoms with van der Waals surface area (Å²) in [5.74, 6) is 0.703. The molecule has 20 heavy (non-hydrogen) atoms. The van der Waals surface area contributed by atoms with E-state index in [9.17, 15) is 8.42 Å². The molecule has 0 saturated heterocycles. The van der Waals surface area contributed by atoms with E-state index in [-0.39, 0.29) is 10.9 Å². The van der Waals surface area contributed by atoms with Crippen LogP contribution in [-0.4, -0.2) is 30.8 Å². The number of rotatable bonds is 6. The molecule has 0 radical (unpaired) electrons. The van der Waals surface area contributed by atoms with Crippen LogP contribution in [0.25, 0.3) is 0 Å². The first-order chi connectivity index (χ1) is 9.51. The molecule has 1 aliphatic carbocycles. The standard InChI is InChI=1S/C13H24N4O2S/c1-11-3-5-12(6-4-11)16-20(18,19)13-9-15-17(10-13)8-2-7-14/h9-12,16H,2-8,14H2,1H3. The number of hydrogen-bond donors (Lipinski definition) is 2. The number of aryl methyl sites for hydroxylation is 1. The summed E-state index contributed by atoms with van der Waals surface area (Å²) >= 11 is 0. The molecule has 0 aromatic carbocycles. The average molecular weight is 300 g/mol. The van der Waals surface area contributed by atoms with Gasteiger partial charge in [-0.15, -0.1) is 0 Å². The van der Waals surface area contributed by atoms with Gasteiger partial charge < -0.3 is 5.73 Å². The van der Waals surface area contributed by atoms with Crippen molar-refractivity contribution in [3.63, 3.8) is 0 Å². The predicted molar refractivity (Wildman–Crippen MR) is 77.6 cm³/mol. The van der Waals surface area contributed by atoms with Crippen LogP contribution in [-0.2, 0) is 16.6 Å². The normalized spacial score (nSPS) is 23.9. The lowest BCUT2D eigenvalue weighted by molar-refractivity contribution is 0.332. The molecule has 0 amide bonds. The number of hydrogen-bond acceptors (Lipinski definition) is 4. The second-order valence-corrected chi connectivity index (χ2v) is 7.37. The van der Waals surface area contributed by atoms with Crippen molar-refractivity contribution in [2.24, 2.45) is 11.7 Å². The minimum Gasteiger partial charge on any atom is -0.330 e. The number of nitrogens with one attached hydrogen (secondary N) is 1. The minimum absolute atomic E-state index is 0.0589. The van der Waals surface area contributed by atoms with Gasteiger partial charge in [0.1, 0.15) is 4.90 Å². The smallest absolute Gasteiger partial charge is 0.243 e. The second kappa shape index (κ2) is 6.69. The van der Waals surface area contributed by atoms with Crippen molar-refractivity contribution in [3.05, 3.63) is 12.4 Å². The van der Waals surface area contributed by atoms with Gasteiger partial charge in [0.15, 0.2) is 0 Å². The van der Waals surface area contributed by atoms with Gasteiger partial charge >= 0.3 is 0 Å². The van der Waals surface area contributed by atoms with Crippen molar-refractivity contribution >= 4 is 10.0 Å². The summed E-state index contributed by atoms with van der Waals surface area (Å²) in [6, 6.07) is 0.0589. The first-order valence-corrected chi connectivity index (χ1v) is 8.74. The third-order valence-electron chi connectivity index (χ3n) is 3.85. The van der Waals surface area contributed by atoms with Gasteiger partial charge in [-0.2, -0.15) is 5.10 Å². The number of sulfonamides is 1. The van der Waals surface area contributed by atoms with Crippen molar-refractivity contribution in [2.75, 3.05) is 6.54 Å². The molecular weight excluding hydrogens is 276 g/mol. The summed E-state index contributed by atoms with van der Waals surface area (Å²) in [4.78, 5) is 0.244. The molecule has 0 aliphatic heterocycles. The summed E-state index contributed by atoms with van der Waals surface area (Å²) in [7, 11) is -3.45. The minimum atomic E-state index is -3.45. The zero-order valence-corrected chi connectivity index (χ0v) is 12.8. The summed E-state index contributed by atoms with van der Waals surface area (Å²) in [6.45, 7) is 3.43. The Morgan fingerprint density at radius 2 is 2.10 bits per heavy atom. The molecule has 114 valence electrons. The number of nitrogens with zero attached hydrogens (tertiary/aromatic N) is 2. The van der Waals surface area contributed by atoms with E-state index in [1.807, 2.05) is 0 Å². The van der Waals surface area contributed by atoms with Crippen LogP contribution in [0.3, 0.4) is 0 Å². The Morgan fingerprint density at radius 3 is 2.75 bits per heavy atom. The lowest BCUT2D eigenvalue weighted by atomic mass is 9.88. The zero-order valence-electron chi connectivity index (χ0n) is 12.0. The van der Waals surface area contributed by atoms with Gasteiger partial charge in [-0.1, -0.05) is 6.92 Å². The van der Waals surface area contributed by atoms with Crippen molar-refractivity contribution in [2.45, 2.75) is 56.5 Å². The number of nitrogens with two attached hydrogens (primary N) is 1. The molecule has 1 heterocycles. The van der Waals surface area contributed by atoms with E-state index in [4.69, 9.17) is 5.73 Å². The molecule has 0 atom stereocenters. The fourth-order valence-corrected chi connectivity index (χ4v) is 3.78. The molecule has 1 saturated carbocycles. The van der Waals surface area contributed by atoms with E-state index in [1.165, 1.54) is 6.20 Å². The maximum Gasteiger partial charge on any atom is 0.243 e. The quantitative estimate of drug-likeness (QED) is 0.823. The monoisotopic (exact) mass is 300 g/mol.